The minimum Gasteiger partial charge on any atom is -0.496 e. The number of carbonyl (C=O) groups is 1. The maximum absolute atomic E-state index is 14.4. The molecule has 1 aromatic heterocycles. The molecule has 1 heterocycles. The number of methoxy groups -OCH3 is 1. The Bertz CT molecular complexity index is 683. The number of carboxylic acid groups (broad SMARTS) is 1. The molecule has 104 valence electrons. The molecule has 5 heteroatoms. The number of aromatic carboxylic acids is 1. The molecule has 0 fully saturated rings. The fourth-order valence-corrected chi connectivity index (χ4v) is 2.02. The standard InChI is InChI=1S/C15H14FNO3/c1-8-4-5-12(20-3)13(14(8)16)10-6-9(2)17-7-11(10)15(18)19/h4-7H,1-3H3,(H,18,19). The lowest BCUT2D eigenvalue weighted by atomic mass is 9.97. The first-order chi connectivity index (χ1) is 9.45. The molecule has 0 unspecified atom stereocenters. The Morgan fingerprint density at radius 1 is 1.35 bits per heavy atom. The number of benzene rings is 1. The summed E-state index contributed by atoms with van der Waals surface area (Å²) in [5.41, 5.74) is 1.39. The van der Waals surface area contributed by atoms with E-state index in [-0.39, 0.29) is 16.7 Å². The van der Waals surface area contributed by atoms with Gasteiger partial charge in [0.25, 0.3) is 0 Å². The molecule has 0 saturated heterocycles. The van der Waals surface area contributed by atoms with Gasteiger partial charge in [0.1, 0.15) is 11.6 Å². The second-order valence-electron chi connectivity index (χ2n) is 4.45. The van der Waals surface area contributed by atoms with E-state index in [1.165, 1.54) is 13.3 Å². The van der Waals surface area contributed by atoms with Crippen LogP contribution in [0.15, 0.2) is 24.4 Å². The molecule has 0 aliphatic carbocycles. The normalized spacial score (nSPS) is 10.4. The molecule has 1 N–H and O–H groups in total. The van der Waals surface area contributed by atoms with Crippen molar-refractivity contribution >= 4 is 5.97 Å². The van der Waals surface area contributed by atoms with Gasteiger partial charge in [0.2, 0.25) is 0 Å². The highest BCUT2D eigenvalue weighted by Crippen LogP contribution is 2.36. The zero-order valence-corrected chi connectivity index (χ0v) is 11.4. The molecule has 1 aromatic carbocycles. The molecule has 20 heavy (non-hydrogen) atoms. The number of aromatic nitrogens is 1. The quantitative estimate of drug-likeness (QED) is 0.934. The Kier molecular flexibility index (Phi) is 3.70. The van der Waals surface area contributed by atoms with Crippen LogP contribution in [0.4, 0.5) is 4.39 Å². The van der Waals surface area contributed by atoms with Gasteiger partial charge < -0.3 is 9.84 Å². The summed E-state index contributed by atoms with van der Waals surface area (Å²) < 4.78 is 19.6. The number of hydrogen-bond donors (Lipinski definition) is 1. The number of halogens is 1. The van der Waals surface area contributed by atoms with Gasteiger partial charge in [-0.05, 0) is 31.5 Å². The van der Waals surface area contributed by atoms with E-state index in [0.717, 1.165) is 0 Å². The van der Waals surface area contributed by atoms with Gasteiger partial charge in [0.05, 0.1) is 18.2 Å². The molecule has 0 saturated carbocycles. The number of pyridine rings is 1. The van der Waals surface area contributed by atoms with E-state index >= 15 is 0 Å². The van der Waals surface area contributed by atoms with Crippen molar-refractivity contribution in [1.29, 1.82) is 0 Å². The van der Waals surface area contributed by atoms with Gasteiger partial charge in [0.15, 0.2) is 0 Å². The summed E-state index contributed by atoms with van der Waals surface area (Å²) in [5, 5.41) is 9.24. The van der Waals surface area contributed by atoms with Gasteiger partial charge in [-0.3, -0.25) is 4.98 Å². The Morgan fingerprint density at radius 3 is 2.65 bits per heavy atom. The van der Waals surface area contributed by atoms with Crippen molar-refractivity contribution in [2.24, 2.45) is 0 Å². The second kappa shape index (κ2) is 5.28. The van der Waals surface area contributed by atoms with E-state index in [0.29, 0.717) is 17.0 Å². The number of ether oxygens (including phenoxy) is 1. The van der Waals surface area contributed by atoms with Crippen LogP contribution in [-0.2, 0) is 0 Å². The summed E-state index contributed by atoms with van der Waals surface area (Å²) in [7, 11) is 1.42. The molecule has 0 atom stereocenters. The molecule has 0 bridgehead atoms. The van der Waals surface area contributed by atoms with Crippen molar-refractivity contribution in [2.75, 3.05) is 7.11 Å². The molecule has 0 radical (unpaired) electrons. The van der Waals surface area contributed by atoms with Crippen LogP contribution in [0.5, 0.6) is 5.75 Å². The van der Waals surface area contributed by atoms with E-state index in [9.17, 15) is 14.3 Å². The predicted molar refractivity (Wildman–Crippen MR) is 72.6 cm³/mol. The lowest BCUT2D eigenvalue weighted by Crippen LogP contribution is -2.04. The van der Waals surface area contributed by atoms with Gasteiger partial charge in [0, 0.05) is 17.5 Å². The Balaban J connectivity index is 2.83. The Hall–Kier alpha value is -2.43. The third-order valence-corrected chi connectivity index (χ3v) is 3.06. The lowest BCUT2D eigenvalue weighted by molar-refractivity contribution is 0.0697. The maximum atomic E-state index is 14.4. The van der Waals surface area contributed by atoms with E-state index in [2.05, 4.69) is 4.98 Å². The van der Waals surface area contributed by atoms with E-state index in [4.69, 9.17) is 4.74 Å². The van der Waals surface area contributed by atoms with Gasteiger partial charge in [-0.2, -0.15) is 0 Å². The average molecular weight is 275 g/mol. The lowest BCUT2D eigenvalue weighted by Gasteiger charge is -2.14. The van der Waals surface area contributed by atoms with Crippen molar-refractivity contribution in [3.63, 3.8) is 0 Å². The van der Waals surface area contributed by atoms with Crippen LogP contribution in [-0.4, -0.2) is 23.2 Å². The summed E-state index contributed by atoms with van der Waals surface area (Å²) in [5.74, 6) is -1.35. The smallest absolute Gasteiger partial charge is 0.337 e. The molecule has 2 rings (SSSR count). The first-order valence-corrected chi connectivity index (χ1v) is 5.99. The van der Waals surface area contributed by atoms with Crippen molar-refractivity contribution < 1.29 is 19.0 Å². The molecule has 0 aliphatic heterocycles. The van der Waals surface area contributed by atoms with E-state index in [1.807, 2.05) is 0 Å². The molecule has 2 aromatic rings. The van der Waals surface area contributed by atoms with E-state index < -0.39 is 11.8 Å². The summed E-state index contributed by atoms with van der Waals surface area (Å²) in [4.78, 5) is 15.2. The van der Waals surface area contributed by atoms with Crippen LogP contribution in [0.1, 0.15) is 21.6 Å². The molecule has 0 amide bonds. The summed E-state index contributed by atoms with van der Waals surface area (Å²) in [6.07, 6.45) is 1.23. The topological polar surface area (TPSA) is 59.4 Å². The Morgan fingerprint density at radius 2 is 2.05 bits per heavy atom. The van der Waals surface area contributed by atoms with Crippen molar-refractivity contribution in [2.45, 2.75) is 13.8 Å². The van der Waals surface area contributed by atoms with Crippen LogP contribution in [0.25, 0.3) is 11.1 Å². The third kappa shape index (κ3) is 2.34. The van der Waals surface area contributed by atoms with Crippen LogP contribution in [0.3, 0.4) is 0 Å². The van der Waals surface area contributed by atoms with Crippen LogP contribution in [0.2, 0.25) is 0 Å². The number of hydrogen-bond acceptors (Lipinski definition) is 3. The monoisotopic (exact) mass is 275 g/mol. The highest BCUT2D eigenvalue weighted by atomic mass is 19.1. The number of carboxylic acids is 1. The van der Waals surface area contributed by atoms with Crippen LogP contribution >= 0.6 is 0 Å². The van der Waals surface area contributed by atoms with Gasteiger partial charge in [-0.25, -0.2) is 9.18 Å². The zero-order valence-electron chi connectivity index (χ0n) is 11.4. The fourth-order valence-electron chi connectivity index (χ4n) is 2.02. The molecule has 4 nitrogen and oxygen atoms in total. The number of aryl methyl sites for hydroxylation is 2. The zero-order chi connectivity index (χ0) is 14.9. The van der Waals surface area contributed by atoms with Gasteiger partial charge >= 0.3 is 5.97 Å². The molecular weight excluding hydrogens is 261 g/mol. The highest BCUT2D eigenvalue weighted by Gasteiger charge is 2.20. The van der Waals surface area contributed by atoms with Crippen LogP contribution < -0.4 is 4.74 Å². The SMILES string of the molecule is COc1ccc(C)c(F)c1-c1cc(C)ncc1C(=O)O. The second-order valence-corrected chi connectivity index (χ2v) is 4.45. The minimum absolute atomic E-state index is 0.0570. The summed E-state index contributed by atoms with van der Waals surface area (Å²) in [6.45, 7) is 3.34. The average Bonchev–Trinajstić information content (AvgIpc) is 2.41. The largest absolute Gasteiger partial charge is 0.496 e. The molecule has 0 aliphatic rings. The highest BCUT2D eigenvalue weighted by molar-refractivity contribution is 5.96. The summed E-state index contributed by atoms with van der Waals surface area (Å²) in [6, 6.07) is 4.76. The Labute approximate surface area is 115 Å². The van der Waals surface area contributed by atoms with Crippen molar-refractivity contribution in [3.8, 4) is 16.9 Å². The van der Waals surface area contributed by atoms with Crippen molar-refractivity contribution in [3.05, 3.63) is 47.0 Å². The summed E-state index contributed by atoms with van der Waals surface area (Å²) >= 11 is 0. The maximum Gasteiger partial charge on any atom is 0.337 e. The van der Waals surface area contributed by atoms with Crippen LogP contribution in [0, 0.1) is 19.7 Å². The third-order valence-electron chi connectivity index (χ3n) is 3.06. The fraction of sp³-hybridized carbons (Fsp3) is 0.200. The minimum atomic E-state index is -1.16. The predicted octanol–water partition coefficient (Wildman–Crippen LogP) is 3.21. The van der Waals surface area contributed by atoms with Crippen molar-refractivity contribution in [1.82, 2.24) is 4.98 Å². The van der Waals surface area contributed by atoms with Gasteiger partial charge in [-0.1, -0.05) is 6.07 Å². The number of rotatable bonds is 3. The van der Waals surface area contributed by atoms with E-state index in [1.54, 1.807) is 32.0 Å². The number of nitrogens with zero attached hydrogens (tertiary/aromatic N) is 1. The first kappa shape index (κ1) is 14.0. The first-order valence-electron chi connectivity index (χ1n) is 5.99. The molecular formula is C15H14FNO3. The molecule has 0 spiro atoms. The van der Waals surface area contributed by atoms with Gasteiger partial charge in [-0.15, -0.1) is 0 Å².